The Bertz CT molecular complexity index is 696. The van der Waals surface area contributed by atoms with E-state index >= 15 is 0 Å². The number of nitro benzene ring substituents is 1. The summed E-state index contributed by atoms with van der Waals surface area (Å²) in [5, 5.41) is 11.7. The Balaban J connectivity index is 1.60. The lowest BCUT2D eigenvalue weighted by Gasteiger charge is -2.07. The van der Waals surface area contributed by atoms with Gasteiger partial charge in [-0.05, 0) is 42.0 Å². The molecule has 0 spiro atoms. The summed E-state index contributed by atoms with van der Waals surface area (Å²) in [5.41, 5.74) is 2.10. The van der Waals surface area contributed by atoms with E-state index in [2.05, 4.69) is 4.99 Å². The molecule has 1 aliphatic rings. The first-order valence-electron chi connectivity index (χ1n) is 6.86. The number of ether oxygens (including phenoxy) is 1. The van der Waals surface area contributed by atoms with Crippen molar-refractivity contribution in [2.45, 2.75) is 6.61 Å². The first-order chi connectivity index (χ1) is 10.7. The number of rotatable bonds is 5. The number of nitro groups is 1. The minimum atomic E-state index is -0.410. The van der Waals surface area contributed by atoms with Crippen molar-refractivity contribution in [3.63, 3.8) is 0 Å². The fourth-order valence-electron chi connectivity index (χ4n) is 2.08. The van der Waals surface area contributed by atoms with Gasteiger partial charge in [-0.25, -0.2) is 0 Å². The van der Waals surface area contributed by atoms with Crippen LogP contribution in [0.3, 0.4) is 0 Å². The van der Waals surface area contributed by atoms with Crippen LogP contribution >= 0.6 is 11.8 Å². The Labute approximate surface area is 132 Å². The molecule has 22 heavy (non-hydrogen) atoms. The maximum absolute atomic E-state index is 10.6. The highest BCUT2D eigenvalue weighted by Crippen LogP contribution is 2.22. The highest BCUT2D eigenvalue weighted by molar-refractivity contribution is 8.14. The number of hydrogen-bond donors (Lipinski definition) is 0. The monoisotopic (exact) mass is 314 g/mol. The van der Waals surface area contributed by atoms with E-state index in [1.54, 1.807) is 23.9 Å². The standard InChI is InChI=1S/C16H14N2O3S/c19-18(20)14-5-1-12(2-6-14)11-21-15-7-3-13(4-8-15)16-17-9-10-22-16/h1-8H,9-11H2. The molecule has 112 valence electrons. The SMILES string of the molecule is O=[N+]([O-])c1ccc(COc2ccc(C3=NCCS3)cc2)cc1. The first kappa shape index (κ1) is 14.6. The average molecular weight is 314 g/mol. The maximum Gasteiger partial charge on any atom is 0.269 e. The molecule has 3 rings (SSSR count). The predicted octanol–water partition coefficient (Wildman–Crippen LogP) is 3.67. The van der Waals surface area contributed by atoms with E-state index in [4.69, 9.17) is 4.74 Å². The Hall–Kier alpha value is -2.34. The Morgan fingerprint density at radius 3 is 2.45 bits per heavy atom. The number of aliphatic imine (C=N–C) groups is 1. The summed E-state index contributed by atoms with van der Waals surface area (Å²) < 4.78 is 5.69. The van der Waals surface area contributed by atoms with Gasteiger partial charge in [0.2, 0.25) is 0 Å². The highest BCUT2D eigenvalue weighted by Gasteiger charge is 2.09. The fraction of sp³-hybridized carbons (Fsp3) is 0.188. The lowest BCUT2D eigenvalue weighted by Crippen LogP contribution is -1.97. The minimum Gasteiger partial charge on any atom is -0.489 e. The summed E-state index contributed by atoms with van der Waals surface area (Å²) in [7, 11) is 0. The molecule has 0 unspecified atom stereocenters. The quantitative estimate of drug-likeness (QED) is 0.624. The summed E-state index contributed by atoms with van der Waals surface area (Å²) in [6.45, 7) is 1.27. The second-order valence-electron chi connectivity index (χ2n) is 4.77. The Kier molecular flexibility index (Phi) is 4.39. The van der Waals surface area contributed by atoms with Gasteiger partial charge in [0.05, 0.1) is 9.97 Å². The van der Waals surface area contributed by atoms with Crippen LogP contribution in [0.2, 0.25) is 0 Å². The van der Waals surface area contributed by atoms with Crippen molar-refractivity contribution in [1.29, 1.82) is 0 Å². The molecule has 0 saturated carbocycles. The number of benzene rings is 2. The maximum atomic E-state index is 10.6. The molecule has 2 aromatic rings. The number of hydrogen-bond acceptors (Lipinski definition) is 5. The molecule has 0 aliphatic carbocycles. The normalized spacial score (nSPS) is 13.7. The van der Waals surface area contributed by atoms with Gasteiger partial charge >= 0.3 is 0 Å². The lowest BCUT2D eigenvalue weighted by molar-refractivity contribution is -0.384. The largest absolute Gasteiger partial charge is 0.489 e. The fourth-order valence-corrected chi connectivity index (χ4v) is 2.95. The molecule has 0 amide bonds. The lowest BCUT2D eigenvalue weighted by atomic mass is 10.2. The van der Waals surface area contributed by atoms with Crippen molar-refractivity contribution in [3.8, 4) is 5.75 Å². The van der Waals surface area contributed by atoms with Crippen molar-refractivity contribution >= 4 is 22.5 Å². The van der Waals surface area contributed by atoms with Gasteiger partial charge in [0.15, 0.2) is 0 Å². The molecule has 0 aromatic heterocycles. The minimum absolute atomic E-state index is 0.0861. The van der Waals surface area contributed by atoms with Gasteiger partial charge in [0, 0.05) is 30.0 Å². The summed E-state index contributed by atoms with van der Waals surface area (Å²) in [6, 6.07) is 14.2. The van der Waals surface area contributed by atoms with E-state index in [1.807, 2.05) is 24.3 Å². The Morgan fingerprint density at radius 2 is 1.86 bits per heavy atom. The summed E-state index contributed by atoms with van der Waals surface area (Å²) >= 11 is 1.77. The number of non-ortho nitro benzene ring substituents is 1. The van der Waals surface area contributed by atoms with Crippen LogP contribution < -0.4 is 4.74 Å². The highest BCUT2D eigenvalue weighted by atomic mass is 32.2. The first-order valence-corrected chi connectivity index (χ1v) is 7.85. The van der Waals surface area contributed by atoms with Crippen molar-refractivity contribution in [2.24, 2.45) is 4.99 Å². The molecule has 0 N–H and O–H groups in total. The van der Waals surface area contributed by atoms with E-state index < -0.39 is 4.92 Å². The number of thioether (sulfide) groups is 1. The predicted molar refractivity (Wildman–Crippen MR) is 87.7 cm³/mol. The van der Waals surface area contributed by atoms with Crippen LogP contribution in [-0.4, -0.2) is 22.3 Å². The van der Waals surface area contributed by atoms with E-state index in [0.29, 0.717) is 6.61 Å². The number of nitrogens with zero attached hydrogens (tertiary/aromatic N) is 2. The van der Waals surface area contributed by atoms with Gasteiger partial charge < -0.3 is 4.74 Å². The summed E-state index contributed by atoms with van der Waals surface area (Å²) in [6.07, 6.45) is 0. The summed E-state index contributed by atoms with van der Waals surface area (Å²) in [5.74, 6) is 1.82. The van der Waals surface area contributed by atoms with E-state index in [9.17, 15) is 10.1 Å². The van der Waals surface area contributed by atoms with E-state index in [0.717, 1.165) is 34.2 Å². The smallest absolute Gasteiger partial charge is 0.269 e. The molecular weight excluding hydrogens is 300 g/mol. The van der Waals surface area contributed by atoms with Crippen LogP contribution in [0.25, 0.3) is 0 Å². The molecular formula is C16H14N2O3S. The van der Waals surface area contributed by atoms with Crippen molar-refractivity contribution in [3.05, 3.63) is 69.8 Å². The second kappa shape index (κ2) is 6.62. The molecule has 5 nitrogen and oxygen atoms in total. The molecule has 1 heterocycles. The van der Waals surface area contributed by atoms with Crippen LogP contribution in [0.4, 0.5) is 5.69 Å². The zero-order chi connectivity index (χ0) is 15.4. The molecule has 0 atom stereocenters. The zero-order valence-electron chi connectivity index (χ0n) is 11.8. The zero-order valence-corrected chi connectivity index (χ0v) is 12.6. The van der Waals surface area contributed by atoms with Crippen LogP contribution in [0.1, 0.15) is 11.1 Å². The van der Waals surface area contributed by atoms with Crippen LogP contribution in [0.15, 0.2) is 53.5 Å². The van der Waals surface area contributed by atoms with Crippen LogP contribution in [0, 0.1) is 10.1 Å². The van der Waals surface area contributed by atoms with Gasteiger partial charge in [-0.2, -0.15) is 0 Å². The Morgan fingerprint density at radius 1 is 1.14 bits per heavy atom. The molecule has 0 radical (unpaired) electrons. The van der Waals surface area contributed by atoms with E-state index in [1.165, 1.54) is 12.1 Å². The third-order valence-corrected chi connectivity index (χ3v) is 4.26. The third kappa shape index (κ3) is 3.46. The van der Waals surface area contributed by atoms with Crippen molar-refractivity contribution in [2.75, 3.05) is 12.3 Å². The molecule has 0 fully saturated rings. The molecule has 6 heteroatoms. The van der Waals surface area contributed by atoms with E-state index in [-0.39, 0.29) is 5.69 Å². The third-order valence-electron chi connectivity index (χ3n) is 3.24. The van der Waals surface area contributed by atoms with Gasteiger partial charge in [0.25, 0.3) is 5.69 Å². The van der Waals surface area contributed by atoms with Crippen LogP contribution in [0.5, 0.6) is 5.75 Å². The molecule has 0 bridgehead atoms. The topological polar surface area (TPSA) is 64.7 Å². The summed E-state index contributed by atoms with van der Waals surface area (Å²) in [4.78, 5) is 14.6. The van der Waals surface area contributed by atoms with Gasteiger partial charge in [-0.15, -0.1) is 11.8 Å². The van der Waals surface area contributed by atoms with Crippen molar-refractivity contribution in [1.82, 2.24) is 0 Å². The van der Waals surface area contributed by atoms with Crippen LogP contribution in [-0.2, 0) is 6.61 Å². The average Bonchev–Trinajstić information content (AvgIpc) is 3.08. The van der Waals surface area contributed by atoms with Gasteiger partial charge in [-0.3, -0.25) is 15.1 Å². The van der Waals surface area contributed by atoms with Gasteiger partial charge in [0.1, 0.15) is 12.4 Å². The second-order valence-corrected chi connectivity index (χ2v) is 5.86. The van der Waals surface area contributed by atoms with Crippen molar-refractivity contribution < 1.29 is 9.66 Å². The van der Waals surface area contributed by atoms with Gasteiger partial charge in [-0.1, -0.05) is 0 Å². The molecule has 1 aliphatic heterocycles. The molecule has 2 aromatic carbocycles. The molecule has 0 saturated heterocycles.